The van der Waals surface area contributed by atoms with Gasteiger partial charge in [-0.15, -0.1) is 0 Å². The minimum Gasteiger partial charge on any atom is -0.444 e. The van der Waals surface area contributed by atoms with Crippen LogP contribution in [0.2, 0.25) is 0 Å². The number of likely N-dealkylation sites (N-methyl/N-ethyl adjacent to an activating group) is 1. The van der Waals surface area contributed by atoms with Gasteiger partial charge in [0.1, 0.15) is 0 Å². The van der Waals surface area contributed by atoms with E-state index in [4.69, 9.17) is 4.74 Å². The molecule has 2 aromatic rings. The number of aromatic nitrogens is 1. The molecule has 5 heteroatoms. The van der Waals surface area contributed by atoms with Crippen molar-refractivity contribution < 1.29 is 14.3 Å². The van der Waals surface area contributed by atoms with E-state index < -0.39 is 12.1 Å². The highest BCUT2D eigenvalue weighted by atomic mass is 16.5. The molecule has 0 fully saturated rings. The van der Waals surface area contributed by atoms with Crippen molar-refractivity contribution in [2.45, 2.75) is 33.4 Å². The van der Waals surface area contributed by atoms with E-state index in [-0.39, 0.29) is 5.91 Å². The summed E-state index contributed by atoms with van der Waals surface area (Å²) in [5.41, 5.74) is 3.01. The molecule has 0 radical (unpaired) electrons. The fourth-order valence-electron chi connectivity index (χ4n) is 2.79. The molecule has 128 valence electrons. The monoisotopic (exact) mass is 328 g/mol. The van der Waals surface area contributed by atoms with Crippen molar-refractivity contribution in [1.29, 1.82) is 0 Å². The Labute approximate surface area is 142 Å². The van der Waals surface area contributed by atoms with Gasteiger partial charge in [0, 0.05) is 37.6 Å². The summed E-state index contributed by atoms with van der Waals surface area (Å²) < 4.78 is 7.64. The Morgan fingerprint density at radius 3 is 2.29 bits per heavy atom. The lowest BCUT2D eigenvalue weighted by atomic mass is 10.1. The van der Waals surface area contributed by atoms with Crippen molar-refractivity contribution in [3.63, 3.8) is 0 Å². The van der Waals surface area contributed by atoms with Gasteiger partial charge >= 0.3 is 5.97 Å². The first kappa shape index (κ1) is 17.8. The zero-order chi connectivity index (χ0) is 17.9. The lowest BCUT2D eigenvalue weighted by Gasteiger charge is -2.21. The number of carbonyl (C=O) groups is 2. The average molecular weight is 328 g/mol. The third-order valence-electron chi connectivity index (χ3n) is 4.10. The zero-order valence-electron chi connectivity index (χ0n) is 14.9. The van der Waals surface area contributed by atoms with E-state index in [0.29, 0.717) is 11.1 Å². The average Bonchev–Trinajstić information content (AvgIpc) is 2.86. The van der Waals surface area contributed by atoms with Gasteiger partial charge in [0.2, 0.25) is 6.10 Å². The fraction of sp³-hybridized carbons (Fsp3) is 0.368. The lowest BCUT2D eigenvalue weighted by Crippen LogP contribution is -2.31. The van der Waals surface area contributed by atoms with Crippen LogP contribution in [0.1, 0.15) is 40.3 Å². The number of benzene rings is 1. The highest BCUT2D eigenvalue weighted by molar-refractivity contribution is 5.94. The first-order valence-electron chi connectivity index (χ1n) is 8.00. The number of nitrogens with zero attached hydrogens (tertiary/aromatic N) is 2. The molecular formula is C19H24N2O3. The molecular weight excluding hydrogens is 304 g/mol. The van der Waals surface area contributed by atoms with Gasteiger partial charge in [-0.3, -0.25) is 4.79 Å². The standard InChI is InChI=1S/C19H24N2O3/c1-6-21-13(2)12-16(14(21)3)19(23)24-17(18(22)20(4)5)15-10-8-7-9-11-15/h7-12,17H,6H2,1-5H3/t17-/m0/s1. The minimum atomic E-state index is -0.946. The van der Waals surface area contributed by atoms with Gasteiger partial charge in [0.05, 0.1) is 5.56 Å². The maximum absolute atomic E-state index is 12.7. The van der Waals surface area contributed by atoms with Crippen molar-refractivity contribution in [3.05, 3.63) is 58.9 Å². The molecule has 1 atom stereocenters. The smallest absolute Gasteiger partial charge is 0.341 e. The number of hydrogen-bond acceptors (Lipinski definition) is 3. The van der Waals surface area contributed by atoms with E-state index in [9.17, 15) is 9.59 Å². The Morgan fingerprint density at radius 1 is 1.17 bits per heavy atom. The molecule has 0 aliphatic heterocycles. The molecule has 1 heterocycles. The predicted octanol–water partition coefficient (Wildman–Crippen LogP) is 3.11. The minimum absolute atomic E-state index is 0.265. The van der Waals surface area contributed by atoms with Crippen LogP contribution in [0.5, 0.6) is 0 Å². The molecule has 0 aliphatic carbocycles. The van der Waals surface area contributed by atoms with Gasteiger partial charge in [0.25, 0.3) is 5.91 Å². The number of carbonyl (C=O) groups excluding carboxylic acids is 2. The molecule has 5 nitrogen and oxygen atoms in total. The number of ether oxygens (including phenoxy) is 1. The molecule has 0 saturated heterocycles. The summed E-state index contributed by atoms with van der Waals surface area (Å²) in [5, 5.41) is 0. The van der Waals surface area contributed by atoms with Gasteiger partial charge < -0.3 is 14.2 Å². The molecule has 0 bridgehead atoms. The molecule has 0 saturated carbocycles. The summed E-state index contributed by atoms with van der Waals surface area (Å²) >= 11 is 0. The van der Waals surface area contributed by atoms with Crippen LogP contribution >= 0.6 is 0 Å². The van der Waals surface area contributed by atoms with Gasteiger partial charge in [0.15, 0.2) is 0 Å². The Balaban J connectivity index is 2.33. The summed E-state index contributed by atoms with van der Waals surface area (Å²) in [4.78, 5) is 26.5. The highest BCUT2D eigenvalue weighted by Crippen LogP contribution is 2.23. The van der Waals surface area contributed by atoms with Crippen LogP contribution in [-0.4, -0.2) is 35.4 Å². The molecule has 1 aromatic carbocycles. The third-order valence-corrected chi connectivity index (χ3v) is 4.10. The van der Waals surface area contributed by atoms with Crippen LogP contribution in [0.4, 0.5) is 0 Å². The molecule has 24 heavy (non-hydrogen) atoms. The van der Waals surface area contributed by atoms with E-state index in [1.54, 1.807) is 26.2 Å². The highest BCUT2D eigenvalue weighted by Gasteiger charge is 2.28. The predicted molar refractivity (Wildman–Crippen MR) is 92.9 cm³/mol. The molecule has 0 N–H and O–H groups in total. The second kappa shape index (κ2) is 7.34. The maximum Gasteiger partial charge on any atom is 0.341 e. The second-order valence-electron chi connectivity index (χ2n) is 5.96. The zero-order valence-corrected chi connectivity index (χ0v) is 14.9. The number of amides is 1. The summed E-state index contributed by atoms with van der Waals surface area (Å²) in [6, 6.07) is 10.9. The quantitative estimate of drug-likeness (QED) is 0.793. The summed E-state index contributed by atoms with van der Waals surface area (Å²) in [5.74, 6) is -0.745. The van der Waals surface area contributed by atoms with E-state index in [1.807, 2.05) is 49.6 Å². The molecule has 2 rings (SSSR count). The van der Waals surface area contributed by atoms with Crippen molar-refractivity contribution >= 4 is 11.9 Å². The largest absolute Gasteiger partial charge is 0.444 e. The molecule has 1 amide bonds. The van der Waals surface area contributed by atoms with E-state index in [1.165, 1.54) is 4.90 Å². The number of hydrogen-bond donors (Lipinski definition) is 0. The fourth-order valence-corrected chi connectivity index (χ4v) is 2.79. The maximum atomic E-state index is 12.7. The van der Waals surface area contributed by atoms with Crippen LogP contribution in [0.3, 0.4) is 0 Å². The van der Waals surface area contributed by atoms with Crippen molar-refractivity contribution in [3.8, 4) is 0 Å². The molecule has 1 aromatic heterocycles. The van der Waals surface area contributed by atoms with Crippen LogP contribution in [-0.2, 0) is 16.1 Å². The first-order chi connectivity index (χ1) is 11.4. The topological polar surface area (TPSA) is 51.5 Å². The van der Waals surface area contributed by atoms with Crippen LogP contribution in [0.15, 0.2) is 36.4 Å². The van der Waals surface area contributed by atoms with Gasteiger partial charge in [-0.05, 0) is 26.8 Å². The Morgan fingerprint density at radius 2 is 1.79 bits per heavy atom. The second-order valence-corrected chi connectivity index (χ2v) is 5.96. The van der Waals surface area contributed by atoms with Crippen LogP contribution in [0.25, 0.3) is 0 Å². The van der Waals surface area contributed by atoms with E-state index >= 15 is 0 Å². The lowest BCUT2D eigenvalue weighted by molar-refractivity contribution is -0.138. The number of aryl methyl sites for hydroxylation is 1. The molecule has 0 aliphatic rings. The Bertz CT molecular complexity index is 733. The van der Waals surface area contributed by atoms with Gasteiger partial charge in [-0.1, -0.05) is 30.3 Å². The van der Waals surface area contributed by atoms with Gasteiger partial charge in [-0.2, -0.15) is 0 Å². The Hall–Kier alpha value is -2.56. The summed E-state index contributed by atoms with van der Waals surface area (Å²) in [6.07, 6.45) is -0.946. The van der Waals surface area contributed by atoms with Crippen LogP contribution in [0, 0.1) is 13.8 Å². The molecule has 0 spiro atoms. The Kier molecular flexibility index (Phi) is 5.44. The normalized spacial score (nSPS) is 11.9. The van der Waals surface area contributed by atoms with Crippen molar-refractivity contribution in [2.75, 3.05) is 14.1 Å². The third kappa shape index (κ3) is 3.50. The number of esters is 1. The van der Waals surface area contributed by atoms with Crippen LogP contribution < -0.4 is 0 Å². The first-order valence-corrected chi connectivity index (χ1v) is 8.00. The summed E-state index contributed by atoms with van der Waals surface area (Å²) in [7, 11) is 3.30. The van der Waals surface area contributed by atoms with E-state index in [2.05, 4.69) is 0 Å². The number of rotatable bonds is 5. The van der Waals surface area contributed by atoms with Gasteiger partial charge in [-0.25, -0.2) is 4.79 Å². The van der Waals surface area contributed by atoms with E-state index in [0.717, 1.165) is 17.9 Å². The molecule has 0 unspecified atom stereocenters. The summed E-state index contributed by atoms with van der Waals surface area (Å²) in [6.45, 7) is 6.65. The SMILES string of the molecule is CCn1c(C)cc(C(=O)O[C@H](C(=O)N(C)C)c2ccccc2)c1C. The van der Waals surface area contributed by atoms with Crippen molar-refractivity contribution in [1.82, 2.24) is 9.47 Å². The van der Waals surface area contributed by atoms with Crippen molar-refractivity contribution in [2.24, 2.45) is 0 Å².